The van der Waals surface area contributed by atoms with Crippen LogP contribution >= 0.6 is 11.3 Å². The number of carbonyl (C=O) groups is 2. The molecule has 1 N–H and O–H groups in total. The first kappa shape index (κ1) is 23.0. The molecule has 0 bridgehead atoms. The number of thiazole rings is 1. The van der Waals surface area contributed by atoms with Crippen LogP contribution in [0.5, 0.6) is 0 Å². The maximum atomic E-state index is 12.9. The molecular formula is C23H22F3N3O3S. The number of piperidine rings is 1. The fourth-order valence-corrected chi connectivity index (χ4v) is 4.82. The number of hydrogen-bond acceptors (Lipinski definition) is 6. The maximum absolute atomic E-state index is 12.9. The predicted octanol–water partition coefficient (Wildman–Crippen LogP) is 4.89. The van der Waals surface area contributed by atoms with E-state index in [0.29, 0.717) is 31.5 Å². The molecule has 4 rings (SSSR count). The van der Waals surface area contributed by atoms with Crippen molar-refractivity contribution in [2.75, 3.05) is 24.6 Å². The first-order valence-electron chi connectivity index (χ1n) is 10.5. The summed E-state index contributed by atoms with van der Waals surface area (Å²) < 4.78 is 45.0. The zero-order valence-electron chi connectivity index (χ0n) is 17.8. The predicted molar refractivity (Wildman–Crippen MR) is 120 cm³/mol. The van der Waals surface area contributed by atoms with E-state index in [1.807, 2.05) is 0 Å². The van der Waals surface area contributed by atoms with E-state index in [1.165, 1.54) is 23.5 Å². The van der Waals surface area contributed by atoms with E-state index in [1.54, 1.807) is 24.6 Å². The number of nitrogens with one attached hydrogen (secondary N) is 1. The maximum Gasteiger partial charge on any atom is 0.416 e. The van der Waals surface area contributed by atoms with E-state index < -0.39 is 23.6 Å². The number of alkyl halides is 3. The Bertz CT molecular complexity index is 1170. The molecule has 2 heterocycles. The Morgan fingerprint density at radius 1 is 1.21 bits per heavy atom. The highest BCUT2D eigenvalue weighted by molar-refractivity contribution is 7.17. The molecule has 0 radical (unpaired) electrons. The lowest BCUT2D eigenvalue weighted by atomic mass is 10.0. The molecule has 0 atom stereocenters. The van der Waals surface area contributed by atoms with Gasteiger partial charge in [-0.1, -0.05) is 6.07 Å². The minimum atomic E-state index is -4.50. The summed E-state index contributed by atoms with van der Waals surface area (Å²) in [5.74, 6) is -0.931. The third kappa shape index (κ3) is 4.95. The first-order valence-corrected chi connectivity index (χ1v) is 11.4. The molecule has 1 fully saturated rings. The average Bonchev–Trinajstić information content (AvgIpc) is 3.27. The van der Waals surface area contributed by atoms with Gasteiger partial charge in [0.15, 0.2) is 0 Å². The fraction of sp³-hybridized carbons (Fsp3) is 0.348. The van der Waals surface area contributed by atoms with E-state index in [0.717, 1.165) is 28.0 Å². The molecule has 0 spiro atoms. The second kappa shape index (κ2) is 9.38. The molecule has 174 valence electrons. The number of aromatic nitrogens is 1. The Labute approximate surface area is 192 Å². The molecule has 0 saturated carbocycles. The summed E-state index contributed by atoms with van der Waals surface area (Å²) in [4.78, 5) is 31.5. The summed E-state index contributed by atoms with van der Waals surface area (Å²) in [6.07, 6.45) is -3.33. The van der Waals surface area contributed by atoms with Crippen molar-refractivity contribution in [3.05, 3.63) is 58.6 Å². The van der Waals surface area contributed by atoms with Crippen molar-refractivity contribution in [3.8, 4) is 0 Å². The standard InChI is InChI=1S/C23H22F3N3O3S/c1-2-32-22(31)17-6-7-18-20(33-13-27-18)19(17)29-10-8-16(9-11-29)28-21(30)14-4-3-5-15(12-14)23(24,25)26/h3-7,12-13,16H,2,8-11H2,1H3,(H,28,30). The topological polar surface area (TPSA) is 71.5 Å². The number of hydrogen-bond donors (Lipinski definition) is 1. The molecule has 2 aromatic carbocycles. The summed E-state index contributed by atoms with van der Waals surface area (Å²) in [6.45, 7) is 3.15. The summed E-state index contributed by atoms with van der Waals surface area (Å²) in [7, 11) is 0. The van der Waals surface area contributed by atoms with Gasteiger partial charge in [-0.2, -0.15) is 13.2 Å². The molecule has 1 saturated heterocycles. The summed E-state index contributed by atoms with van der Waals surface area (Å²) in [5.41, 5.74) is 2.89. The highest BCUT2D eigenvalue weighted by Crippen LogP contribution is 2.35. The van der Waals surface area contributed by atoms with Crippen molar-refractivity contribution in [1.29, 1.82) is 0 Å². The normalized spacial score (nSPS) is 15.0. The van der Waals surface area contributed by atoms with E-state index >= 15 is 0 Å². The second-order valence-corrected chi connectivity index (χ2v) is 8.55. The van der Waals surface area contributed by atoms with Crippen LogP contribution in [0.1, 0.15) is 46.0 Å². The smallest absolute Gasteiger partial charge is 0.416 e. The highest BCUT2D eigenvalue weighted by atomic mass is 32.1. The third-order valence-corrected chi connectivity index (χ3v) is 6.42. The van der Waals surface area contributed by atoms with Crippen LogP contribution in [-0.2, 0) is 10.9 Å². The summed E-state index contributed by atoms with van der Waals surface area (Å²) in [5, 5.41) is 2.84. The number of benzene rings is 2. The molecule has 1 amide bonds. The van der Waals surface area contributed by atoms with E-state index in [-0.39, 0.29) is 18.2 Å². The number of amides is 1. The van der Waals surface area contributed by atoms with Crippen LogP contribution in [-0.4, -0.2) is 42.6 Å². The van der Waals surface area contributed by atoms with Crippen molar-refractivity contribution in [1.82, 2.24) is 10.3 Å². The zero-order chi connectivity index (χ0) is 23.6. The number of fused-ring (bicyclic) bond motifs is 1. The SMILES string of the molecule is CCOC(=O)c1ccc2ncsc2c1N1CCC(NC(=O)c2cccc(C(F)(F)F)c2)CC1. The molecule has 3 aromatic rings. The Hall–Kier alpha value is -3.14. The average molecular weight is 478 g/mol. The van der Waals surface area contributed by atoms with Gasteiger partial charge in [-0.25, -0.2) is 9.78 Å². The molecule has 1 aliphatic heterocycles. The fourth-order valence-electron chi connectivity index (χ4n) is 3.95. The van der Waals surface area contributed by atoms with Gasteiger partial charge in [-0.3, -0.25) is 4.79 Å². The minimum absolute atomic E-state index is 0.0220. The van der Waals surface area contributed by atoms with Crippen molar-refractivity contribution < 1.29 is 27.5 Å². The number of esters is 1. The number of carbonyl (C=O) groups excluding carboxylic acids is 2. The van der Waals surface area contributed by atoms with Crippen LogP contribution in [0.15, 0.2) is 41.9 Å². The number of halogens is 3. The number of ether oxygens (including phenoxy) is 1. The van der Waals surface area contributed by atoms with E-state index in [4.69, 9.17) is 4.74 Å². The van der Waals surface area contributed by atoms with Crippen molar-refractivity contribution in [2.24, 2.45) is 0 Å². The van der Waals surface area contributed by atoms with Gasteiger partial charge in [0, 0.05) is 24.7 Å². The Balaban J connectivity index is 1.47. The molecule has 0 unspecified atom stereocenters. The van der Waals surface area contributed by atoms with Crippen molar-refractivity contribution >= 4 is 39.1 Å². The van der Waals surface area contributed by atoms with Crippen molar-refractivity contribution in [3.63, 3.8) is 0 Å². The van der Waals surface area contributed by atoms with Gasteiger partial charge >= 0.3 is 12.1 Å². The van der Waals surface area contributed by atoms with Gasteiger partial charge in [0.2, 0.25) is 0 Å². The van der Waals surface area contributed by atoms with Crippen LogP contribution in [0.3, 0.4) is 0 Å². The quantitative estimate of drug-likeness (QED) is 0.530. The van der Waals surface area contributed by atoms with Gasteiger partial charge in [-0.05, 0) is 50.1 Å². The van der Waals surface area contributed by atoms with Gasteiger partial charge in [0.1, 0.15) is 0 Å². The van der Waals surface area contributed by atoms with Gasteiger partial charge in [0.25, 0.3) is 5.91 Å². The van der Waals surface area contributed by atoms with Crippen LogP contribution in [0.25, 0.3) is 10.2 Å². The number of anilines is 1. The Morgan fingerprint density at radius 2 is 1.97 bits per heavy atom. The molecule has 1 aliphatic rings. The number of rotatable bonds is 5. The largest absolute Gasteiger partial charge is 0.462 e. The monoisotopic (exact) mass is 477 g/mol. The van der Waals surface area contributed by atoms with E-state index in [9.17, 15) is 22.8 Å². The van der Waals surface area contributed by atoms with Gasteiger partial charge in [-0.15, -0.1) is 11.3 Å². The van der Waals surface area contributed by atoms with Gasteiger partial charge < -0.3 is 15.0 Å². The summed E-state index contributed by atoms with van der Waals surface area (Å²) in [6, 6.07) is 7.73. The summed E-state index contributed by atoms with van der Waals surface area (Å²) >= 11 is 1.45. The van der Waals surface area contributed by atoms with Crippen LogP contribution in [0.2, 0.25) is 0 Å². The van der Waals surface area contributed by atoms with Crippen molar-refractivity contribution in [2.45, 2.75) is 32.0 Å². The van der Waals surface area contributed by atoms with E-state index in [2.05, 4.69) is 15.2 Å². The lowest BCUT2D eigenvalue weighted by Gasteiger charge is -2.35. The molecule has 33 heavy (non-hydrogen) atoms. The third-order valence-electron chi connectivity index (χ3n) is 5.57. The Kier molecular flexibility index (Phi) is 6.55. The second-order valence-electron chi connectivity index (χ2n) is 7.70. The van der Waals surface area contributed by atoms with Crippen LogP contribution in [0, 0.1) is 0 Å². The highest BCUT2D eigenvalue weighted by Gasteiger charge is 2.31. The Morgan fingerprint density at radius 3 is 2.67 bits per heavy atom. The molecule has 10 heteroatoms. The molecular weight excluding hydrogens is 455 g/mol. The van der Waals surface area contributed by atoms with Gasteiger partial charge in [0.05, 0.1) is 39.1 Å². The molecule has 1 aromatic heterocycles. The molecule has 6 nitrogen and oxygen atoms in total. The zero-order valence-corrected chi connectivity index (χ0v) is 18.6. The number of nitrogens with zero attached hydrogens (tertiary/aromatic N) is 2. The lowest BCUT2D eigenvalue weighted by molar-refractivity contribution is -0.137. The van der Waals surface area contributed by atoms with Crippen LogP contribution in [0.4, 0.5) is 18.9 Å². The first-order chi connectivity index (χ1) is 15.8. The van der Waals surface area contributed by atoms with Crippen LogP contribution < -0.4 is 10.2 Å². The minimum Gasteiger partial charge on any atom is -0.462 e. The molecule has 0 aliphatic carbocycles. The lowest BCUT2D eigenvalue weighted by Crippen LogP contribution is -2.45.